The highest BCUT2D eigenvalue weighted by atomic mass is 16.5. The van der Waals surface area contributed by atoms with Gasteiger partial charge >= 0.3 is 0 Å². The Hall–Kier alpha value is -7.24. The summed E-state index contributed by atoms with van der Waals surface area (Å²) in [5, 5.41) is 1.09. The van der Waals surface area contributed by atoms with Crippen molar-refractivity contribution in [1.82, 2.24) is 19.9 Å². The number of hydrogen-bond acceptors (Lipinski definition) is 5. The molecule has 8 aromatic rings. The van der Waals surface area contributed by atoms with Crippen LogP contribution in [-0.4, -0.2) is 19.9 Å². The van der Waals surface area contributed by atoms with Gasteiger partial charge in [-0.25, -0.2) is 15.0 Å². The van der Waals surface area contributed by atoms with Crippen LogP contribution in [0.2, 0.25) is 0 Å². The largest absolute Gasteiger partial charge is 0.465 e. The predicted octanol–water partition coefficient (Wildman–Crippen LogP) is 11.3. The second-order valence-corrected chi connectivity index (χ2v) is 13.4. The van der Waals surface area contributed by atoms with Crippen LogP contribution in [0, 0.1) is 0 Å². The molecule has 0 atom stereocenters. The molecule has 0 saturated carbocycles. The molecule has 254 valence electrons. The summed E-state index contributed by atoms with van der Waals surface area (Å²) >= 11 is 0. The number of pyridine rings is 1. The topological polar surface area (TPSA) is 60.8 Å². The van der Waals surface area contributed by atoms with Gasteiger partial charge in [-0.1, -0.05) is 146 Å². The molecule has 2 aromatic heterocycles. The van der Waals surface area contributed by atoms with Crippen molar-refractivity contribution in [3.63, 3.8) is 0 Å². The quantitative estimate of drug-likeness (QED) is 0.184. The van der Waals surface area contributed by atoms with Gasteiger partial charge in [0.1, 0.15) is 5.75 Å². The average Bonchev–Trinajstić information content (AvgIpc) is 3.54. The molecule has 0 N–H and O–H groups in total. The van der Waals surface area contributed by atoms with E-state index in [-0.39, 0.29) is 0 Å². The number of fused-ring (bicyclic) bond motifs is 8. The maximum atomic E-state index is 6.60. The molecule has 0 fully saturated rings. The van der Waals surface area contributed by atoms with Crippen LogP contribution < -0.4 is 4.74 Å². The van der Waals surface area contributed by atoms with Crippen LogP contribution in [0.1, 0.15) is 22.3 Å². The van der Waals surface area contributed by atoms with Crippen LogP contribution in [0.4, 0.5) is 0 Å². The number of hydrogen-bond donors (Lipinski definition) is 0. The van der Waals surface area contributed by atoms with Gasteiger partial charge in [-0.05, 0) is 69.8 Å². The third kappa shape index (κ3) is 5.25. The molecule has 0 bridgehead atoms. The molecule has 3 heterocycles. The van der Waals surface area contributed by atoms with Crippen LogP contribution >= 0.6 is 0 Å². The fourth-order valence-electron chi connectivity index (χ4n) is 7.91. The Morgan fingerprint density at radius 3 is 1.78 bits per heavy atom. The van der Waals surface area contributed by atoms with Crippen molar-refractivity contribution in [3.05, 3.63) is 217 Å². The van der Waals surface area contributed by atoms with E-state index in [0.717, 1.165) is 50.0 Å². The number of allylic oxidation sites excluding steroid dienone is 5. The lowest BCUT2D eigenvalue weighted by Gasteiger charge is -2.32. The van der Waals surface area contributed by atoms with Crippen LogP contribution in [0.25, 0.3) is 61.8 Å². The minimum atomic E-state index is -0.719. The first kappa shape index (κ1) is 31.5. The molecule has 0 saturated heterocycles. The summed E-state index contributed by atoms with van der Waals surface area (Å²) in [4.78, 5) is 19.8. The molecule has 0 unspecified atom stereocenters. The van der Waals surface area contributed by atoms with Crippen molar-refractivity contribution in [2.75, 3.05) is 0 Å². The summed E-state index contributed by atoms with van der Waals surface area (Å²) in [6.45, 7) is 0. The number of nitrogens with zero attached hydrogens (tertiary/aromatic N) is 4. The van der Waals surface area contributed by atoms with E-state index >= 15 is 0 Å². The minimum absolute atomic E-state index is 0.584. The van der Waals surface area contributed by atoms with E-state index < -0.39 is 5.41 Å². The summed E-state index contributed by atoms with van der Waals surface area (Å²) in [5.74, 6) is 2.56. The highest BCUT2D eigenvalue weighted by molar-refractivity contribution is 5.95. The van der Waals surface area contributed by atoms with Gasteiger partial charge in [-0.2, -0.15) is 0 Å². The van der Waals surface area contributed by atoms with Gasteiger partial charge in [0.05, 0.1) is 17.2 Å². The van der Waals surface area contributed by atoms with E-state index in [9.17, 15) is 0 Å². The van der Waals surface area contributed by atoms with Gasteiger partial charge < -0.3 is 4.74 Å². The van der Waals surface area contributed by atoms with E-state index in [4.69, 9.17) is 19.7 Å². The lowest BCUT2D eigenvalue weighted by atomic mass is 9.71. The van der Waals surface area contributed by atoms with E-state index in [1.165, 1.54) is 22.3 Å². The fourth-order valence-corrected chi connectivity index (χ4v) is 7.91. The van der Waals surface area contributed by atoms with Crippen LogP contribution in [0.5, 0.6) is 5.75 Å². The lowest BCUT2D eigenvalue weighted by molar-refractivity contribution is 0.469. The molecule has 1 aliphatic heterocycles. The molecular formula is C49H32N4O. The van der Waals surface area contributed by atoms with Gasteiger partial charge in [-0.15, -0.1) is 0 Å². The first-order chi connectivity index (χ1) is 26.8. The van der Waals surface area contributed by atoms with Crippen LogP contribution in [0.15, 0.2) is 194 Å². The summed E-state index contributed by atoms with van der Waals surface area (Å²) < 4.78 is 6.60. The Balaban J connectivity index is 1.23. The minimum Gasteiger partial charge on any atom is -0.465 e. The third-order valence-corrected chi connectivity index (χ3v) is 10.4. The zero-order chi connectivity index (χ0) is 35.9. The Morgan fingerprint density at radius 1 is 0.481 bits per heavy atom. The molecule has 0 amide bonds. The molecule has 2 aliphatic rings. The smallest absolute Gasteiger partial charge is 0.164 e. The first-order valence-electron chi connectivity index (χ1n) is 18.0. The Kier molecular flexibility index (Phi) is 7.62. The van der Waals surface area contributed by atoms with Crippen molar-refractivity contribution in [3.8, 4) is 51.0 Å². The second-order valence-electron chi connectivity index (χ2n) is 13.4. The van der Waals surface area contributed by atoms with E-state index in [1.54, 1.807) is 6.26 Å². The first-order valence-corrected chi connectivity index (χ1v) is 18.0. The van der Waals surface area contributed by atoms with Gasteiger partial charge in [0.2, 0.25) is 0 Å². The Labute approximate surface area is 313 Å². The van der Waals surface area contributed by atoms with E-state index in [0.29, 0.717) is 17.5 Å². The number of aromatic nitrogens is 4. The average molecular weight is 693 g/mol. The molecule has 1 spiro atoms. The van der Waals surface area contributed by atoms with Gasteiger partial charge in [0, 0.05) is 33.8 Å². The highest BCUT2D eigenvalue weighted by Gasteiger charge is 2.44. The number of ether oxygens (including phenoxy) is 1. The fraction of sp³-hybridized carbons (Fsp3) is 0.0204. The SMILES string of the molecule is C1=COc2ccc(-c3nc(-c4ccccc4)nc(-c4ccccc4)n3)cc2C2(/C=C\C(c3cccc4ncccc34)=C1)c1ccccc1-c1ccccc12. The van der Waals surface area contributed by atoms with Gasteiger partial charge in [-0.3, -0.25) is 4.98 Å². The summed E-state index contributed by atoms with van der Waals surface area (Å²) in [7, 11) is 0. The Bertz CT molecular complexity index is 2700. The van der Waals surface area contributed by atoms with E-state index in [1.807, 2.05) is 91.1 Å². The predicted molar refractivity (Wildman–Crippen MR) is 217 cm³/mol. The molecule has 5 nitrogen and oxygen atoms in total. The normalized spacial score (nSPS) is 14.4. The molecule has 0 radical (unpaired) electrons. The standard InChI is InChI=1S/C49H32N4O/c1-3-14-34(15-4-1)46-51-47(35-16-5-2-6-17-35)53-48(52-46)36-26-27-45-43(32-36)49(41-23-9-7-19-38(41)39-20-8-10-24-42(39)49)29-28-33(18-13-31-54-45)37-21-11-25-44-40(37)22-12-30-50-44/h1-32H/b29-28-,31-13?,33-18?. The summed E-state index contributed by atoms with van der Waals surface area (Å²) in [5.41, 5.74) is 10.8. The zero-order valence-electron chi connectivity index (χ0n) is 29.2. The van der Waals surface area contributed by atoms with Crippen LogP contribution in [-0.2, 0) is 5.41 Å². The van der Waals surface area contributed by atoms with E-state index in [2.05, 4.69) is 102 Å². The molecule has 1 aliphatic carbocycles. The molecule has 6 aromatic carbocycles. The van der Waals surface area contributed by atoms with Crippen LogP contribution in [0.3, 0.4) is 0 Å². The third-order valence-electron chi connectivity index (χ3n) is 10.4. The van der Waals surface area contributed by atoms with Gasteiger partial charge in [0.25, 0.3) is 0 Å². The van der Waals surface area contributed by atoms with Crippen molar-refractivity contribution >= 4 is 16.5 Å². The van der Waals surface area contributed by atoms with Crippen molar-refractivity contribution in [2.45, 2.75) is 5.41 Å². The number of benzene rings is 6. The summed E-state index contributed by atoms with van der Waals surface area (Å²) in [6, 6.07) is 54.3. The Morgan fingerprint density at radius 2 is 1.09 bits per heavy atom. The molecule has 54 heavy (non-hydrogen) atoms. The summed E-state index contributed by atoms with van der Waals surface area (Å²) in [6.07, 6.45) is 12.3. The van der Waals surface area contributed by atoms with Gasteiger partial charge in [0.15, 0.2) is 17.5 Å². The zero-order valence-corrected chi connectivity index (χ0v) is 29.2. The second kappa shape index (κ2) is 13.1. The molecule has 10 rings (SSSR count). The van der Waals surface area contributed by atoms with Crippen molar-refractivity contribution < 1.29 is 4.74 Å². The molecule has 5 heteroatoms. The molecular weight excluding hydrogens is 661 g/mol. The number of rotatable bonds is 4. The maximum absolute atomic E-state index is 6.60. The monoisotopic (exact) mass is 692 g/mol. The van der Waals surface area contributed by atoms with Crippen molar-refractivity contribution in [1.29, 1.82) is 0 Å². The maximum Gasteiger partial charge on any atom is 0.164 e. The lowest BCUT2D eigenvalue weighted by Crippen LogP contribution is -2.25. The highest BCUT2D eigenvalue weighted by Crippen LogP contribution is 2.56. The van der Waals surface area contributed by atoms with Crippen molar-refractivity contribution in [2.24, 2.45) is 0 Å².